The van der Waals surface area contributed by atoms with Crippen LogP contribution in [0.2, 0.25) is 0 Å². The molecule has 35 heavy (non-hydrogen) atoms. The number of rotatable bonds is 5. The van der Waals surface area contributed by atoms with Crippen LogP contribution in [0.1, 0.15) is 43.0 Å². The van der Waals surface area contributed by atoms with Crippen LogP contribution in [-0.2, 0) is 14.4 Å². The van der Waals surface area contributed by atoms with Crippen molar-refractivity contribution in [1.29, 1.82) is 0 Å². The van der Waals surface area contributed by atoms with Crippen molar-refractivity contribution in [2.45, 2.75) is 48.9 Å². The Bertz CT molecular complexity index is 1290. The number of imide groups is 1. The highest BCUT2D eigenvalue weighted by Crippen LogP contribution is 2.68. The molecule has 8 unspecified atom stereocenters. The molecule has 184 valence electrons. The number of thioether (sulfide) groups is 1. The van der Waals surface area contributed by atoms with Crippen LogP contribution in [0.5, 0.6) is 0 Å². The van der Waals surface area contributed by atoms with Gasteiger partial charge in [-0.2, -0.15) is 0 Å². The molecule has 4 aliphatic rings. The van der Waals surface area contributed by atoms with E-state index in [2.05, 4.69) is 4.98 Å². The van der Waals surface area contributed by atoms with Gasteiger partial charge in [-0.15, -0.1) is 11.8 Å². The van der Waals surface area contributed by atoms with Gasteiger partial charge in [0.15, 0.2) is 0 Å². The van der Waals surface area contributed by atoms with Gasteiger partial charge < -0.3 is 10.1 Å². The Kier molecular flexibility index (Phi) is 5.27. The Morgan fingerprint density at radius 3 is 2.43 bits per heavy atom. The zero-order valence-corrected chi connectivity index (χ0v) is 20.8. The van der Waals surface area contributed by atoms with Crippen LogP contribution in [0.3, 0.4) is 0 Å². The topological polar surface area (TPSA) is 108 Å². The molecule has 2 N–H and O–H groups in total. The highest BCUT2D eigenvalue weighted by atomic mass is 32.2. The molecule has 0 radical (unpaired) electrons. The zero-order chi connectivity index (χ0) is 24.8. The summed E-state index contributed by atoms with van der Waals surface area (Å²) in [6.45, 7) is 3.76. The van der Waals surface area contributed by atoms with Crippen molar-refractivity contribution in [1.82, 2.24) is 9.88 Å². The van der Waals surface area contributed by atoms with Crippen LogP contribution < -0.4 is 4.87 Å². The molecule has 6 rings (SSSR count). The molecule has 2 bridgehead atoms. The van der Waals surface area contributed by atoms with E-state index in [9.17, 15) is 28.7 Å². The normalized spacial score (nSPS) is 33.7. The lowest BCUT2D eigenvalue weighted by atomic mass is 9.68. The van der Waals surface area contributed by atoms with Crippen molar-refractivity contribution in [2.75, 3.05) is 0 Å². The number of fused-ring (bicyclic) bond motifs is 9. The van der Waals surface area contributed by atoms with Crippen molar-refractivity contribution in [3.63, 3.8) is 0 Å². The number of nitrogens with zero attached hydrogens (tertiary/aromatic N) is 1. The fraction of sp³-hybridized carbons (Fsp3) is 0.520. The fourth-order valence-electron chi connectivity index (χ4n) is 7.15. The van der Waals surface area contributed by atoms with Gasteiger partial charge in [0, 0.05) is 16.0 Å². The van der Waals surface area contributed by atoms with E-state index in [4.69, 9.17) is 0 Å². The smallest absolute Gasteiger partial charge is 0.326 e. The van der Waals surface area contributed by atoms with E-state index in [1.807, 2.05) is 13.8 Å². The summed E-state index contributed by atoms with van der Waals surface area (Å²) in [4.78, 5) is 56.3. The molecule has 8 atom stereocenters. The second kappa shape index (κ2) is 8.03. The quantitative estimate of drug-likeness (QED) is 0.589. The minimum Gasteiger partial charge on any atom is -0.480 e. The number of nitrogens with one attached hydrogen (secondary N) is 1. The third-order valence-electron chi connectivity index (χ3n) is 8.28. The summed E-state index contributed by atoms with van der Waals surface area (Å²) in [5.41, 5.74) is 0.888. The maximum Gasteiger partial charge on any atom is 0.326 e. The average molecular weight is 517 g/mol. The molecule has 2 saturated carbocycles. The summed E-state index contributed by atoms with van der Waals surface area (Å²) in [6.07, 6.45) is 0.946. The summed E-state index contributed by atoms with van der Waals surface area (Å²) >= 11 is 2.72. The Morgan fingerprint density at radius 2 is 1.80 bits per heavy atom. The predicted molar refractivity (Wildman–Crippen MR) is 128 cm³/mol. The third-order valence-corrected chi connectivity index (χ3v) is 10.9. The molecule has 1 saturated heterocycles. The Hall–Kier alpha value is -2.46. The monoisotopic (exact) mass is 516 g/mol. The highest BCUT2D eigenvalue weighted by molar-refractivity contribution is 8.00. The lowest BCUT2D eigenvalue weighted by Crippen LogP contribution is -2.47. The molecule has 7 nitrogen and oxygen atoms in total. The van der Waals surface area contributed by atoms with Crippen molar-refractivity contribution in [2.24, 2.45) is 35.5 Å². The van der Waals surface area contributed by atoms with Crippen LogP contribution in [0.15, 0.2) is 34.1 Å². The van der Waals surface area contributed by atoms with Crippen LogP contribution in [0.25, 0.3) is 0 Å². The Labute approximate surface area is 209 Å². The van der Waals surface area contributed by atoms with Crippen LogP contribution >= 0.6 is 23.1 Å². The first-order valence-corrected chi connectivity index (χ1v) is 13.6. The molecule has 2 aromatic rings. The number of thiazole rings is 1. The maximum absolute atomic E-state index is 13.7. The van der Waals surface area contributed by atoms with Gasteiger partial charge >= 0.3 is 10.8 Å². The largest absolute Gasteiger partial charge is 0.480 e. The number of aliphatic carboxylic acids is 1. The van der Waals surface area contributed by atoms with E-state index in [-0.39, 0.29) is 63.8 Å². The standard InChI is InChI=1S/C25H25FN2O5S2/c1-9(2)7-14(24(31)32)28-22(29)17-12-8-13(18(17)23(28)30)19-16(12)15(10-3-5-11(26)6-4-10)20-21(34-19)27-25(33)35-20/h3-6,9,12-19H,7-8H2,1-2H3,(H,27,33)(H,31,32). The molecule has 2 aliphatic heterocycles. The average Bonchev–Trinajstić information content (AvgIpc) is 3.52. The number of hydrogen-bond donors (Lipinski definition) is 2. The lowest BCUT2D eigenvalue weighted by Gasteiger charge is -2.43. The van der Waals surface area contributed by atoms with Gasteiger partial charge in [0.25, 0.3) is 0 Å². The second-order valence-electron chi connectivity index (χ2n) is 10.5. The molecule has 2 aliphatic carbocycles. The SMILES string of the molecule is CC(C)CC(C(=O)O)N1C(=O)C2C3CC(C2C1=O)C1C(c2ccc(F)cc2)c2sc(=O)[nH]c2SC31. The number of hydrogen-bond acceptors (Lipinski definition) is 6. The van der Waals surface area contributed by atoms with Gasteiger partial charge in [0.05, 0.1) is 16.9 Å². The van der Waals surface area contributed by atoms with Crippen LogP contribution in [0.4, 0.5) is 4.39 Å². The van der Waals surface area contributed by atoms with Gasteiger partial charge in [-0.3, -0.25) is 19.3 Å². The van der Waals surface area contributed by atoms with E-state index < -0.39 is 23.8 Å². The summed E-state index contributed by atoms with van der Waals surface area (Å²) in [7, 11) is 0. The number of aromatic amines is 1. The number of benzene rings is 1. The molecule has 2 amide bonds. The number of aromatic nitrogens is 1. The first-order chi connectivity index (χ1) is 16.7. The molecule has 1 aromatic carbocycles. The minimum absolute atomic E-state index is 0.000683. The van der Waals surface area contributed by atoms with Gasteiger partial charge in [0.1, 0.15) is 11.9 Å². The van der Waals surface area contributed by atoms with Crippen molar-refractivity contribution < 1.29 is 23.9 Å². The molecule has 3 fully saturated rings. The number of amides is 2. The zero-order valence-electron chi connectivity index (χ0n) is 19.1. The Balaban J connectivity index is 1.42. The first-order valence-electron chi connectivity index (χ1n) is 11.9. The lowest BCUT2D eigenvalue weighted by molar-refractivity contribution is -0.156. The third kappa shape index (κ3) is 3.28. The molecule has 0 spiro atoms. The summed E-state index contributed by atoms with van der Waals surface area (Å²) < 4.78 is 13.7. The summed E-state index contributed by atoms with van der Waals surface area (Å²) in [6, 6.07) is 5.14. The number of carboxylic acid groups (broad SMARTS) is 1. The van der Waals surface area contributed by atoms with E-state index in [0.29, 0.717) is 0 Å². The molecule has 3 heterocycles. The van der Waals surface area contributed by atoms with E-state index >= 15 is 0 Å². The number of halogens is 1. The molecular formula is C25H25FN2O5S2. The first kappa shape index (κ1) is 23.0. The molecular weight excluding hydrogens is 491 g/mol. The number of carboxylic acids is 1. The second-order valence-corrected chi connectivity index (χ2v) is 12.7. The predicted octanol–water partition coefficient (Wildman–Crippen LogP) is 3.55. The van der Waals surface area contributed by atoms with Crippen LogP contribution in [-0.4, -0.2) is 44.1 Å². The van der Waals surface area contributed by atoms with Gasteiger partial charge in [-0.05, 0) is 54.2 Å². The van der Waals surface area contributed by atoms with E-state index in [0.717, 1.165) is 38.1 Å². The van der Waals surface area contributed by atoms with E-state index in [1.54, 1.807) is 23.9 Å². The Morgan fingerprint density at radius 1 is 1.14 bits per heavy atom. The van der Waals surface area contributed by atoms with Gasteiger partial charge in [-0.25, -0.2) is 9.18 Å². The summed E-state index contributed by atoms with van der Waals surface area (Å²) in [5, 5.41) is 10.7. The van der Waals surface area contributed by atoms with Gasteiger partial charge in [-0.1, -0.05) is 37.3 Å². The maximum atomic E-state index is 13.7. The van der Waals surface area contributed by atoms with Crippen molar-refractivity contribution in [3.8, 4) is 0 Å². The molecule has 10 heteroatoms. The number of carbonyl (C=O) groups excluding carboxylic acids is 2. The van der Waals surface area contributed by atoms with Crippen molar-refractivity contribution >= 4 is 40.9 Å². The van der Waals surface area contributed by atoms with Crippen LogP contribution in [0, 0.1) is 41.3 Å². The van der Waals surface area contributed by atoms with Crippen molar-refractivity contribution in [3.05, 3.63) is 50.2 Å². The number of carbonyl (C=O) groups is 3. The fourth-order valence-corrected chi connectivity index (χ4v) is 10.0. The van der Waals surface area contributed by atoms with Gasteiger partial charge in [0.2, 0.25) is 11.8 Å². The minimum atomic E-state index is -1.15. The van der Waals surface area contributed by atoms with E-state index in [1.165, 1.54) is 12.1 Å². The number of likely N-dealkylation sites (tertiary alicyclic amines) is 1. The summed E-state index contributed by atoms with van der Waals surface area (Å²) in [5.74, 6) is -3.61. The number of H-pyrrole nitrogens is 1. The highest BCUT2D eigenvalue weighted by Gasteiger charge is 2.70. The molecule has 1 aromatic heterocycles.